The smallest absolute Gasteiger partial charge is 0.238 e. The van der Waals surface area contributed by atoms with Crippen molar-refractivity contribution in [2.24, 2.45) is 5.92 Å². The van der Waals surface area contributed by atoms with Gasteiger partial charge in [-0.2, -0.15) is 0 Å². The molecule has 0 radical (unpaired) electrons. The van der Waals surface area contributed by atoms with Crippen molar-refractivity contribution in [1.29, 1.82) is 0 Å². The number of amides is 1. The van der Waals surface area contributed by atoms with Crippen LogP contribution in [-0.2, 0) is 16.8 Å². The standard InChI is InChI=1S/C20H28ClNO2/c1-20(2,24)16-9-8-14-10-11-22(18(23)13-21)19(17(14)12-16)15-6-4-3-5-7-15/h8-9,12,15,19,24H,3-7,10-11,13H2,1-2H3. The molecule has 1 amide bonds. The van der Waals surface area contributed by atoms with Crippen LogP contribution in [0.2, 0.25) is 0 Å². The number of rotatable bonds is 3. The number of fused-ring (bicyclic) bond motifs is 1. The molecule has 0 saturated heterocycles. The van der Waals surface area contributed by atoms with Crippen LogP contribution >= 0.6 is 11.6 Å². The van der Waals surface area contributed by atoms with E-state index in [4.69, 9.17) is 11.6 Å². The molecule has 1 aliphatic carbocycles. The quantitative estimate of drug-likeness (QED) is 0.832. The zero-order valence-electron chi connectivity index (χ0n) is 14.7. The molecule has 1 aromatic carbocycles. The molecule has 3 nitrogen and oxygen atoms in total. The first-order chi connectivity index (χ1) is 11.4. The number of halogens is 1. The monoisotopic (exact) mass is 349 g/mol. The molecule has 1 unspecified atom stereocenters. The van der Waals surface area contributed by atoms with Crippen LogP contribution in [0.25, 0.3) is 0 Å². The highest BCUT2D eigenvalue weighted by Crippen LogP contribution is 2.43. The third-order valence-electron chi connectivity index (χ3n) is 5.66. The molecule has 0 spiro atoms. The zero-order chi connectivity index (χ0) is 17.3. The fourth-order valence-corrected chi connectivity index (χ4v) is 4.49. The van der Waals surface area contributed by atoms with E-state index in [0.29, 0.717) is 5.92 Å². The number of hydrogen-bond acceptors (Lipinski definition) is 2. The lowest BCUT2D eigenvalue weighted by Gasteiger charge is -2.43. The Balaban J connectivity index is 2.03. The molecule has 1 N–H and O–H groups in total. The molecule has 1 aromatic rings. The van der Waals surface area contributed by atoms with Crippen molar-refractivity contribution in [3.05, 3.63) is 34.9 Å². The van der Waals surface area contributed by atoms with Crippen molar-refractivity contribution in [3.8, 4) is 0 Å². The number of benzene rings is 1. The number of aliphatic hydroxyl groups is 1. The number of carbonyl (C=O) groups excluding carboxylic acids is 1. The van der Waals surface area contributed by atoms with Gasteiger partial charge in [-0.15, -0.1) is 11.6 Å². The molecule has 1 aliphatic heterocycles. The van der Waals surface area contributed by atoms with Gasteiger partial charge in [-0.3, -0.25) is 4.79 Å². The van der Waals surface area contributed by atoms with Gasteiger partial charge in [0.1, 0.15) is 5.88 Å². The van der Waals surface area contributed by atoms with E-state index in [1.54, 1.807) is 0 Å². The van der Waals surface area contributed by atoms with Crippen molar-refractivity contribution < 1.29 is 9.90 Å². The minimum atomic E-state index is -0.870. The number of alkyl halides is 1. The van der Waals surface area contributed by atoms with Gasteiger partial charge < -0.3 is 10.0 Å². The highest BCUT2D eigenvalue weighted by Gasteiger charge is 2.37. The molecule has 2 aliphatic rings. The van der Waals surface area contributed by atoms with Crippen molar-refractivity contribution in [2.75, 3.05) is 12.4 Å². The van der Waals surface area contributed by atoms with E-state index in [1.807, 2.05) is 24.8 Å². The van der Waals surface area contributed by atoms with Gasteiger partial charge in [0.25, 0.3) is 0 Å². The summed E-state index contributed by atoms with van der Waals surface area (Å²) in [7, 11) is 0. The van der Waals surface area contributed by atoms with Gasteiger partial charge in [0.15, 0.2) is 0 Å². The number of nitrogens with zero attached hydrogens (tertiary/aromatic N) is 1. The largest absolute Gasteiger partial charge is 0.386 e. The van der Waals surface area contributed by atoms with Crippen LogP contribution in [0, 0.1) is 5.92 Å². The molecule has 24 heavy (non-hydrogen) atoms. The van der Waals surface area contributed by atoms with Crippen LogP contribution in [0.4, 0.5) is 0 Å². The van der Waals surface area contributed by atoms with E-state index in [0.717, 1.165) is 18.5 Å². The Morgan fingerprint density at radius 1 is 1.29 bits per heavy atom. The molecule has 0 bridgehead atoms. The third-order valence-corrected chi connectivity index (χ3v) is 5.89. The van der Waals surface area contributed by atoms with E-state index >= 15 is 0 Å². The van der Waals surface area contributed by atoms with Gasteiger partial charge in [-0.05, 0) is 55.7 Å². The van der Waals surface area contributed by atoms with Crippen molar-refractivity contribution >= 4 is 17.5 Å². The maximum absolute atomic E-state index is 12.5. The van der Waals surface area contributed by atoms with Crippen molar-refractivity contribution in [2.45, 2.75) is 64.0 Å². The van der Waals surface area contributed by atoms with Crippen LogP contribution in [-0.4, -0.2) is 28.3 Å². The molecule has 1 saturated carbocycles. The summed E-state index contributed by atoms with van der Waals surface area (Å²) in [6.07, 6.45) is 6.98. The van der Waals surface area contributed by atoms with Gasteiger partial charge in [0.05, 0.1) is 11.6 Å². The highest BCUT2D eigenvalue weighted by atomic mass is 35.5. The molecule has 1 fully saturated rings. The van der Waals surface area contributed by atoms with Gasteiger partial charge >= 0.3 is 0 Å². The van der Waals surface area contributed by atoms with E-state index in [9.17, 15) is 9.90 Å². The summed E-state index contributed by atoms with van der Waals surface area (Å²) >= 11 is 5.89. The molecule has 1 atom stereocenters. The predicted octanol–water partition coefficient (Wildman–Crippen LogP) is 4.16. The molecule has 132 valence electrons. The van der Waals surface area contributed by atoms with Gasteiger partial charge in [0.2, 0.25) is 5.91 Å². The van der Waals surface area contributed by atoms with Crippen molar-refractivity contribution in [3.63, 3.8) is 0 Å². The third kappa shape index (κ3) is 3.48. The summed E-state index contributed by atoms with van der Waals surface area (Å²) in [6.45, 7) is 4.38. The van der Waals surface area contributed by atoms with E-state index < -0.39 is 5.60 Å². The second-order valence-electron chi connectivity index (χ2n) is 7.79. The van der Waals surface area contributed by atoms with Gasteiger partial charge in [0, 0.05) is 6.54 Å². The summed E-state index contributed by atoms with van der Waals surface area (Å²) in [5.41, 5.74) is 2.59. The second kappa shape index (κ2) is 7.05. The van der Waals surface area contributed by atoms with Gasteiger partial charge in [-0.1, -0.05) is 37.5 Å². The van der Waals surface area contributed by atoms with Crippen LogP contribution in [0.5, 0.6) is 0 Å². The van der Waals surface area contributed by atoms with Crippen LogP contribution in [0.1, 0.15) is 68.7 Å². The fraction of sp³-hybridized carbons (Fsp3) is 0.650. The van der Waals surface area contributed by atoms with Crippen LogP contribution < -0.4 is 0 Å². The number of carbonyl (C=O) groups is 1. The average molecular weight is 350 g/mol. The summed E-state index contributed by atoms with van der Waals surface area (Å²) in [6, 6.07) is 6.40. The second-order valence-corrected chi connectivity index (χ2v) is 8.05. The summed E-state index contributed by atoms with van der Waals surface area (Å²) in [5, 5.41) is 10.4. The topological polar surface area (TPSA) is 40.5 Å². The Hall–Kier alpha value is -1.06. The Labute approximate surface area is 150 Å². The summed E-state index contributed by atoms with van der Waals surface area (Å²) in [5.74, 6) is 0.581. The van der Waals surface area contributed by atoms with Gasteiger partial charge in [-0.25, -0.2) is 0 Å². The Bertz CT molecular complexity index is 602. The first-order valence-electron chi connectivity index (χ1n) is 9.13. The normalized spacial score (nSPS) is 22.3. The van der Waals surface area contributed by atoms with E-state index in [1.165, 1.54) is 43.2 Å². The Morgan fingerprint density at radius 3 is 2.62 bits per heavy atom. The maximum atomic E-state index is 12.5. The van der Waals surface area contributed by atoms with Crippen molar-refractivity contribution in [1.82, 2.24) is 4.90 Å². The lowest BCUT2D eigenvalue weighted by molar-refractivity contribution is -0.133. The first kappa shape index (κ1) is 17.8. The molecule has 4 heteroatoms. The highest BCUT2D eigenvalue weighted by molar-refractivity contribution is 6.27. The molecular formula is C20H28ClNO2. The minimum Gasteiger partial charge on any atom is -0.386 e. The predicted molar refractivity (Wildman–Crippen MR) is 97.1 cm³/mol. The van der Waals surface area contributed by atoms with E-state index in [-0.39, 0.29) is 17.8 Å². The van der Waals surface area contributed by atoms with Crippen LogP contribution in [0.15, 0.2) is 18.2 Å². The SMILES string of the molecule is CC(C)(O)c1ccc2c(c1)C(C1CCCCC1)N(C(=O)CCl)CC2. The lowest BCUT2D eigenvalue weighted by Crippen LogP contribution is -2.44. The zero-order valence-corrected chi connectivity index (χ0v) is 15.5. The van der Waals surface area contributed by atoms with E-state index in [2.05, 4.69) is 12.1 Å². The Morgan fingerprint density at radius 2 is 2.00 bits per heavy atom. The molecule has 1 heterocycles. The lowest BCUT2D eigenvalue weighted by atomic mass is 9.76. The molecule has 3 rings (SSSR count). The van der Waals surface area contributed by atoms with Crippen LogP contribution in [0.3, 0.4) is 0 Å². The molecular weight excluding hydrogens is 322 g/mol. The average Bonchev–Trinajstić information content (AvgIpc) is 2.59. The number of hydrogen-bond donors (Lipinski definition) is 1. The summed E-state index contributed by atoms with van der Waals surface area (Å²) in [4.78, 5) is 14.5. The maximum Gasteiger partial charge on any atom is 0.238 e. The first-order valence-corrected chi connectivity index (χ1v) is 9.66. The molecule has 0 aromatic heterocycles. The fourth-order valence-electron chi connectivity index (χ4n) is 4.34. The Kier molecular flexibility index (Phi) is 5.22. The summed E-state index contributed by atoms with van der Waals surface area (Å²) < 4.78 is 0. The minimum absolute atomic E-state index is 0.0338.